The van der Waals surface area contributed by atoms with Crippen LogP contribution in [0.25, 0.3) is 0 Å². The molecule has 0 bridgehead atoms. The summed E-state index contributed by atoms with van der Waals surface area (Å²) in [4.78, 5) is 71.3. The number of aliphatic hydroxyl groups excluding tert-OH is 9. The Morgan fingerprint density at radius 2 is 0.857 bits per heavy atom. The molecule has 4 rings (SSSR count). The van der Waals surface area contributed by atoms with Gasteiger partial charge in [-0.3, -0.25) is 29.2 Å². The first-order valence-corrected chi connectivity index (χ1v) is 26.2. The third-order valence-corrected chi connectivity index (χ3v) is 13.2. The molecule has 0 aromatic heterocycles. The molecule has 0 radical (unpaired) electrons. The molecule has 3 aliphatic heterocycles. The van der Waals surface area contributed by atoms with Crippen molar-refractivity contribution in [2.24, 2.45) is 5.92 Å². The standard InChI is InChI=1S/C47H83N5O25/c53-24-34-42(61)31(56)21-39(74-34)71-18-15-68-12-9-48-37(59)7-5-29(46(65)49-10-13-69-16-19-72-40-22-32(57)43(62)35(25-54)75-40)51-38(60)8-6-30(52-45(64)27-1-3-28(77-67)4-2-27)47(66)50-11-14-70-17-20-73-41-23-33(58)44(63)36(26-55)76-41/h27-36,39-44,53-58,61-63,67H,1-26H2,(H,48,59)(H,49,65)(H,50,66)(H,51,60)(H,52,64). The second-order valence-electron chi connectivity index (χ2n) is 19.0. The van der Waals surface area contributed by atoms with Crippen molar-refractivity contribution in [1.29, 1.82) is 0 Å². The van der Waals surface area contributed by atoms with Gasteiger partial charge >= 0.3 is 0 Å². The SMILES string of the molecule is O=C(CCC(NC(=O)CCC(NC(=O)C1CCC(OO)CC1)C(=O)NCCOCCOC1CC(O)C(O)C(CO)O1)C(=O)NCCOCCOC1CC(O)C(O)C(CO)O1)NCCOCCOC1CC(O)C(O)C(CO)O1. The van der Waals surface area contributed by atoms with Crippen molar-refractivity contribution < 1.29 is 123 Å². The lowest BCUT2D eigenvalue weighted by Crippen LogP contribution is -2.51. The minimum atomic E-state index is -1.26. The minimum Gasteiger partial charge on any atom is -0.394 e. The van der Waals surface area contributed by atoms with Crippen LogP contribution in [0.3, 0.4) is 0 Å². The summed E-state index contributed by atoms with van der Waals surface area (Å²) in [5, 5.41) is 110. The Kier molecular flexibility index (Phi) is 31.5. The Balaban J connectivity index is 1.25. The molecule has 446 valence electrons. The third kappa shape index (κ3) is 24.0. The molecule has 0 aromatic carbocycles. The number of carbonyl (C=O) groups is 5. The molecule has 4 aliphatic rings. The molecular weight excluding hydrogens is 1030 g/mol. The fourth-order valence-electron chi connectivity index (χ4n) is 8.71. The summed E-state index contributed by atoms with van der Waals surface area (Å²) in [5.41, 5.74) is 0. The lowest BCUT2D eigenvalue weighted by atomic mass is 9.86. The van der Waals surface area contributed by atoms with Crippen molar-refractivity contribution in [3.8, 4) is 0 Å². The van der Waals surface area contributed by atoms with Crippen molar-refractivity contribution in [2.75, 3.05) is 98.9 Å². The van der Waals surface area contributed by atoms with Gasteiger partial charge in [0.1, 0.15) is 48.7 Å². The van der Waals surface area contributed by atoms with Gasteiger partial charge in [0.05, 0.1) is 104 Å². The van der Waals surface area contributed by atoms with E-state index in [1.54, 1.807) is 0 Å². The first kappa shape index (κ1) is 66.1. The first-order chi connectivity index (χ1) is 37.1. The summed E-state index contributed by atoms with van der Waals surface area (Å²) in [6, 6.07) is -2.45. The molecule has 1 aliphatic carbocycles. The molecule has 3 heterocycles. The molecule has 0 aromatic rings. The molecule has 0 spiro atoms. The monoisotopic (exact) mass is 1120 g/mol. The lowest BCUT2D eigenvalue weighted by Gasteiger charge is -2.36. The number of amides is 5. The topological polar surface area (TPSA) is 440 Å². The molecule has 15 N–H and O–H groups in total. The number of hydrogen-bond donors (Lipinski definition) is 15. The highest BCUT2D eigenvalue weighted by molar-refractivity contribution is 5.90. The molecule has 4 fully saturated rings. The maximum absolute atomic E-state index is 13.5. The second kappa shape index (κ2) is 36.7. The van der Waals surface area contributed by atoms with Gasteiger partial charge in [-0.2, -0.15) is 0 Å². The third-order valence-electron chi connectivity index (χ3n) is 13.2. The van der Waals surface area contributed by atoms with E-state index in [4.69, 9.17) is 47.9 Å². The highest BCUT2D eigenvalue weighted by Gasteiger charge is 2.39. The molecular formula is C47H83N5O25. The number of aliphatic hydroxyl groups is 9. The van der Waals surface area contributed by atoms with Gasteiger partial charge in [0.2, 0.25) is 29.5 Å². The molecule has 14 atom stereocenters. The predicted molar refractivity (Wildman–Crippen MR) is 258 cm³/mol. The van der Waals surface area contributed by atoms with Crippen molar-refractivity contribution in [1.82, 2.24) is 26.6 Å². The van der Waals surface area contributed by atoms with Crippen LogP contribution in [-0.2, 0) is 71.5 Å². The van der Waals surface area contributed by atoms with Gasteiger partial charge < -0.3 is 115 Å². The van der Waals surface area contributed by atoms with Crippen LogP contribution in [-0.4, -0.2) is 272 Å². The minimum absolute atomic E-state index is 0.00263. The zero-order valence-corrected chi connectivity index (χ0v) is 43.2. The van der Waals surface area contributed by atoms with Gasteiger partial charge in [-0.05, 0) is 38.5 Å². The second-order valence-corrected chi connectivity index (χ2v) is 19.0. The molecule has 1 saturated carbocycles. The summed E-state index contributed by atoms with van der Waals surface area (Å²) < 4.78 is 49.4. The average Bonchev–Trinajstić information content (AvgIpc) is 3.42. The van der Waals surface area contributed by atoms with Gasteiger partial charge in [0.15, 0.2) is 18.9 Å². The van der Waals surface area contributed by atoms with Crippen molar-refractivity contribution in [3.05, 3.63) is 0 Å². The average molecular weight is 1120 g/mol. The molecule has 14 unspecified atom stereocenters. The molecule has 5 amide bonds. The number of rotatable bonds is 36. The molecule has 3 saturated heterocycles. The van der Waals surface area contributed by atoms with Crippen LogP contribution in [0.5, 0.6) is 0 Å². The largest absolute Gasteiger partial charge is 0.394 e. The van der Waals surface area contributed by atoms with Gasteiger partial charge in [0.25, 0.3) is 0 Å². The van der Waals surface area contributed by atoms with Crippen LogP contribution in [0, 0.1) is 5.92 Å². The maximum Gasteiger partial charge on any atom is 0.242 e. The van der Waals surface area contributed by atoms with E-state index in [0.717, 1.165) is 0 Å². The van der Waals surface area contributed by atoms with Crippen molar-refractivity contribution in [2.45, 2.75) is 163 Å². The smallest absolute Gasteiger partial charge is 0.242 e. The van der Waals surface area contributed by atoms with E-state index < -0.39 is 147 Å². The van der Waals surface area contributed by atoms with E-state index in [1.165, 1.54) is 0 Å². The van der Waals surface area contributed by atoms with Gasteiger partial charge in [-0.25, -0.2) is 4.89 Å². The Hall–Kier alpha value is -3.45. The summed E-state index contributed by atoms with van der Waals surface area (Å²) in [6.07, 6.45) is -12.7. The quantitative estimate of drug-likeness (QED) is 0.0158. The first-order valence-electron chi connectivity index (χ1n) is 26.2. The summed E-state index contributed by atoms with van der Waals surface area (Å²) >= 11 is 0. The predicted octanol–water partition coefficient (Wildman–Crippen LogP) is -6.50. The van der Waals surface area contributed by atoms with E-state index in [-0.39, 0.29) is 124 Å². The van der Waals surface area contributed by atoms with Crippen LogP contribution in [0.1, 0.15) is 70.6 Å². The van der Waals surface area contributed by atoms with E-state index in [2.05, 4.69) is 31.5 Å². The number of nitrogens with one attached hydrogen (secondary N) is 5. The Morgan fingerprint density at radius 3 is 1.25 bits per heavy atom. The Labute approximate surface area is 445 Å². The zero-order valence-electron chi connectivity index (χ0n) is 43.2. The summed E-state index contributed by atoms with van der Waals surface area (Å²) in [5.74, 6) is -3.38. The van der Waals surface area contributed by atoms with Crippen LogP contribution in [0.4, 0.5) is 0 Å². The summed E-state index contributed by atoms with van der Waals surface area (Å²) in [7, 11) is 0. The normalized spacial score (nSPS) is 30.4. The lowest BCUT2D eigenvalue weighted by molar-refractivity contribution is -0.284. The van der Waals surface area contributed by atoms with Crippen LogP contribution >= 0.6 is 0 Å². The van der Waals surface area contributed by atoms with E-state index in [0.29, 0.717) is 25.7 Å². The summed E-state index contributed by atoms with van der Waals surface area (Å²) in [6.45, 7) is -1.17. The highest BCUT2D eigenvalue weighted by Crippen LogP contribution is 2.27. The molecule has 30 heteroatoms. The molecule has 77 heavy (non-hydrogen) atoms. The van der Waals surface area contributed by atoms with Gasteiger partial charge in [0, 0.05) is 57.7 Å². The Morgan fingerprint density at radius 1 is 0.481 bits per heavy atom. The fraction of sp³-hybridized carbons (Fsp3) is 0.894. The van der Waals surface area contributed by atoms with Gasteiger partial charge in [-0.1, -0.05) is 0 Å². The highest BCUT2D eigenvalue weighted by atomic mass is 17.1. The number of hydrogen-bond acceptors (Lipinski definition) is 25. The van der Waals surface area contributed by atoms with E-state index in [9.17, 15) is 69.9 Å². The van der Waals surface area contributed by atoms with Crippen molar-refractivity contribution in [3.63, 3.8) is 0 Å². The maximum atomic E-state index is 13.5. The van der Waals surface area contributed by atoms with Crippen LogP contribution in [0.15, 0.2) is 0 Å². The van der Waals surface area contributed by atoms with Crippen LogP contribution in [0.2, 0.25) is 0 Å². The van der Waals surface area contributed by atoms with Crippen LogP contribution < -0.4 is 26.6 Å². The van der Waals surface area contributed by atoms with E-state index in [1.807, 2.05) is 0 Å². The Bertz CT molecular complexity index is 1710. The van der Waals surface area contributed by atoms with E-state index >= 15 is 0 Å². The zero-order chi connectivity index (χ0) is 56.1. The number of ether oxygens (including phenoxy) is 9. The fourth-order valence-corrected chi connectivity index (χ4v) is 8.71. The van der Waals surface area contributed by atoms with Gasteiger partial charge in [-0.15, -0.1) is 0 Å². The van der Waals surface area contributed by atoms with Crippen molar-refractivity contribution >= 4 is 29.5 Å². The number of carbonyl (C=O) groups excluding carboxylic acids is 5. The molecule has 30 nitrogen and oxygen atoms in total.